The Kier molecular flexibility index (Phi) is 4.40. The van der Waals surface area contributed by atoms with Gasteiger partial charge in [-0.05, 0) is 51.4 Å². The van der Waals surface area contributed by atoms with E-state index in [9.17, 15) is 0 Å². The molecule has 0 bridgehead atoms. The van der Waals surface area contributed by atoms with Gasteiger partial charge < -0.3 is 11.1 Å². The Morgan fingerprint density at radius 2 is 1.70 bits per heavy atom. The molecule has 20 heavy (non-hydrogen) atoms. The lowest BCUT2D eigenvalue weighted by Gasteiger charge is -2.19. The molecule has 1 atom stereocenters. The number of likely N-dealkylation sites (N-methyl/N-ethyl adjacent to an activating group) is 1. The molecule has 0 aliphatic rings. The molecule has 3 nitrogen and oxygen atoms in total. The van der Waals surface area contributed by atoms with E-state index in [1.807, 2.05) is 20.2 Å². The SMILES string of the molecule is CNC(Cc1cc(C)cc(C)c1)c1cc(C)cnc1N. The van der Waals surface area contributed by atoms with Gasteiger partial charge in [-0.3, -0.25) is 0 Å². The van der Waals surface area contributed by atoms with Crippen LogP contribution in [0.2, 0.25) is 0 Å². The van der Waals surface area contributed by atoms with Crippen LogP contribution in [-0.2, 0) is 6.42 Å². The second-order valence-electron chi connectivity index (χ2n) is 5.53. The molecule has 2 aromatic rings. The van der Waals surface area contributed by atoms with Crippen LogP contribution in [0, 0.1) is 20.8 Å². The van der Waals surface area contributed by atoms with Crippen LogP contribution in [-0.4, -0.2) is 12.0 Å². The minimum atomic E-state index is 0.184. The number of hydrogen-bond donors (Lipinski definition) is 2. The summed E-state index contributed by atoms with van der Waals surface area (Å²) in [7, 11) is 1.97. The van der Waals surface area contributed by atoms with Crippen molar-refractivity contribution < 1.29 is 0 Å². The Balaban J connectivity index is 2.31. The van der Waals surface area contributed by atoms with E-state index in [1.165, 1.54) is 16.7 Å². The van der Waals surface area contributed by atoms with Crippen molar-refractivity contribution >= 4 is 5.82 Å². The van der Waals surface area contributed by atoms with Crippen molar-refractivity contribution in [3.63, 3.8) is 0 Å². The summed E-state index contributed by atoms with van der Waals surface area (Å²) in [6.07, 6.45) is 2.72. The third kappa shape index (κ3) is 3.36. The average molecular weight is 269 g/mol. The maximum atomic E-state index is 6.03. The number of hydrogen-bond acceptors (Lipinski definition) is 3. The predicted molar refractivity (Wildman–Crippen MR) is 84.8 cm³/mol. The largest absolute Gasteiger partial charge is 0.383 e. The van der Waals surface area contributed by atoms with E-state index in [4.69, 9.17) is 5.73 Å². The minimum Gasteiger partial charge on any atom is -0.383 e. The van der Waals surface area contributed by atoms with Gasteiger partial charge in [0.1, 0.15) is 5.82 Å². The molecule has 0 radical (unpaired) electrons. The number of aryl methyl sites for hydroxylation is 3. The van der Waals surface area contributed by atoms with Crippen LogP contribution < -0.4 is 11.1 Å². The number of benzene rings is 1. The highest BCUT2D eigenvalue weighted by Crippen LogP contribution is 2.24. The molecule has 106 valence electrons. The topological polar surface area (TPSA) is 50.9 Å². The quantitative estimate of drug-likeness (QED) is 0.896. The van der Waals surface area contributed by atoms with Crippen molar-refractivity contribution in [2.75, 3.05) is 12.8 Å². The van der Waals surface area contributed by atoms with Crippen molar-refractivity contribution in [2.24, 2.45) is 0 Å². The number of nitrogens with one attached hydrogen (secondary N) is 1. The highest BCUT2D eigenvalue weighted by atomic mass is 14.9. The fourth-order valence-electron chi connectivity index (χ4n) is 2.67. The van der Waals surface area contributed by atoms with E-state index < -0.39 is 0 Å². The summed E-state index contributed by atoms with van der Waals surface area (Å²) in [5.74, 6) is 0.610. The molecule has 0 saturated carbocycles. The van der Waals surface area contributed by atoms with Gasteiger partial charge in [0, 0.05) is 17.8 Å². The molecule has 0 aliphatic heterocycles. The monoisotopic (exact) mass is 269 g/mol. The Morgan fingerprint density at radius 1 is 1.05 bits per heavy atom. The number of nitrogen functional groups attached to an aromatic ring is 1. The summed E-state index contributed by atoms with van der Waals surface area (Å²) in [6, 6.07) is 8.96. The Hall–Kier alpha value is -1.87. The number of aromatic nitrogens is 1. The first-order valence-electron chi connectivity index (χ1n) is 6.96. The first kappa shape index (κ1) is 14.5. The lowest BCUT2D eigenvalue weighted by atomic mass is 9.96. The van der Waals surface area contributed by atoms with E-state index in [1.54, 1.807) is 0 Å². The lowest BCUT2D eigenvalue weighted by molar-refractivity contribution is 0.591. The van der Waals surface area contributed by atoms with Crippen molar-refractivity contribution in [1.29, 1.82) is 0 Å². The minimum absolute atomic E-state index is 0.184. The summed E-state index contributed by atoms with van der Waals surface area (Å²) < 4.78 is 0. The van der Waals surface area contributed by atoms with Crippen LogP contribution in [0.1, 0.15) is 33.9 Å². The summed E-state index contributed by atoms with van der Waals surface area (Å²) in [5, 5.41) is 3.35. The van der Waals surface area contributed by atoms with Gasteiger partial charge in [0.05, 0.1) is 0 Å². The van der Waals surface area contributed by atoms with E-state index in [0.29, 0.717) is 5.82 Å². The number of anilines is 1. The molecule has 1 unspecified atom stereocenters. The van der Waals surface area contributed by atoms with E-state index in [2.05, 4.69) is 48.4 Å². The van der Waals surface area contributed by atoms with Crippen LogP contribution in [0.25, 0.3) is 0 Å². The van der Waals surface area contributed by atoms with Crippen LogP contribution in [0.15, 0.2) is 30.5 Å². The highest BCUT2D eigenvalue weighted by Gasteiger charge is 2.14. The summed E-state index contributed by atoms with van der Waals surface area (Å²) in [6.45, 7) is 6.31. The maximum absolute atomic E-state index is 6.03. The fourth-order valence-corrected chi connectivity index (χ4v) is 2.67. The van der Waals surface area contributed by atoms with Gasteiger partial charge in [0.2, 0.25) is 0 Å². The highest BCUT2D eigenvalue weighted by molar-refractivity contribution is 5.44. The van der Waals surface area contributed by atoms with Crippen molar-refractivity contribution in [1.82, 2.24) is 10.3 Å². The number of nitrogens with zero attached hydrogens (tertiary/aromatic N) is 1. The summed E-state index contributed by atoms with van der Waals surface area (Å²) in [5.41, 5.74) is 12.2. The third-order valence-electron chi connectivity index (χ3n) is 3.53. The molecule has 2 rings (SSSR count). The van der Waals surface area contributed by atoms with Crippen molar-refractivity contribution in [3.8, 4) is 0 Å². The van der Waals surface area contributed by atoms with Crippen molar-refractivity contribution in [2.45, 2.75) is 33.2 Å². The Morgan fingerprint density at radius 3 is 2.30 bits per heavy atom. The van der Waals surface area contributed by atoms with Gasteiger partial charge in [-0.15, -0.1) is 0 Å². The van der Waals surface area contributed by atoms with E-state index in [-0.39, 0.29) is 6.04 Å². The first-order chi connectivity index (χ1) is 9.49. The summed E-state index contributed by atoms with van der Waals surface area (Å²) in [4.78, 5) is 4.26. The zero-order valence-electron chi connectivity index (χ0n) is 12.7. The first-order valence-corrected chi connectivity index (χ1v) is 6.96. The molecule has 1 heterocycles. The molecule has 0 spiro atoms. The van der Waals surface area contributed by atoms with Crippen LogP contribution in [0.5, 0.6) is 0 Å². The zero-order chi connectivity index (χ0) is 14.7. The summed E-state index contributed by atoms with van der Waals surface area (Å²) >= 11 is 0. The number of rotatable bonds is 4. The molecule has 3 N–H and O–H groups in total. The zero-order valence-corrected chi connectivity index (χ0v) is 12.7. The van der Waals surface area contributed by atoms with Crippen LogP contribution in [0.3, 0.4) is 0 Å². The maximum Gasteiger partial charge on any atom is 0.128 e. The molecule has 0 saturated heterocycles. The second kappa shape index (κ2) is 6.06. The van der Waals surface area contributed by atoms with Gasteiger partial charge >= 0.3 is 0 Å². The van der Waals surface area contributed by atoms with Crippen LogP contribution in [0.4, 0.5) is 5.82 Å². The van der Waals surface area contributed by atoms with E-state index >= 15 is 0 Å². The number of pyridine rings is 1. The molecule has 1 aromatic carbocycles. The Bertz CT molecular complexity index is 585. The molecular weight excluding hydrogens is 246 g/mol. The molecule has 0 aliphatic carbocycles. The van der Waals surface area contributed by atoms with Gasteiger partial charge in [-0.2, -0.15) is 0 Å². The van der Waals surface area contributed by atoms with Crippen LogP contribution >= 0.6 is 0 Å². The van der Waals surface area contributed by atoms with Gasteiger partial charge in [0.15, 0.2) is 0 Å². The standard InChI is InChI=1S/C17H23N3/c1-11-5-12(2)7-14(6-11)9-16(19-4)15-8-13(3)10-20-17(15)18/h5-8,10,16,19H,9H2,1-4H3,(H2,18,20). The van der Waals surface area contributed by atoms with Gasteiger partial charge in [-0.25, -0.2) is 4.98 Å². The average Bonchev–Trinajstić information content (AvgIpc) is 2.38. The lowest BCUT2D eigenvalue weighted by Crippen LogP contribution is -2.21. The fraction of sp³-hybridized carbons (Fsp3) is 0.353. The molecule has 3 heteroatoms. The van der Waals surface area contributed by atoms with Crippen molar-refractivity contribution in [3.05, 3.63) is 58.3 Å². The molecule has 1 aromatic heterocycles. The third-order valence-corrected chi connectivity index (χ3v) is 3.53. The van der Waals surface area contributed by atoms with Gasteiger partial charge in [-0.1, -0.05) is 29.3 Å². The predicted octanol–water partition coefficient (Wildman–Crippen LogP) is 3.09. The molecule has 0 fully saturated rings. The molecular formula is C17H23N3. The second-order valence-corrected chi connectivity index (χ2v) is 5.53. The van der Waals surface area contributed by atoms with E-state index in [0.717, 1.165) is 17.5 Å². The number of nitrogens with two attached hydrogens (primary N) is 1. The smallest absolute Gasteiger partial charge is 0.128 e. The Labute approximate surface area is 121 Å². The molecule has 0 amide bonds. The normalized spacial score (nSPS) is 12.4. The van der Waals surface area contributed by atoms with Gasteiger partial charge in [0.25, 0.3) is 0 Å².